The number of piperidine rings is 1. The zero-order valence-electron chi connectivity index (χ0n) is 8.54. The summed E-state index contributed by atoms with van der Waals surface area (Å²) in [5.74, 6) is 0.398. The standard InChI is InChI=1S/C10H15N3O2/c14-10(15)12-5-1-3-9(7-12)8-13-6-2-4-11-13/h2,4,6,9H,1,3,5,7-8H2,(H,14,15). The van der Waals surface area contributed by atoms with Gasteiger partial charge in [0, 0.05) is 32.0 Å². The summed E-state index contributed by atoms with van der Waals surface area (Å²) >= 11 is 0. The highest BCUT2D eigenvalue weighted by Crippen LogP contribution is 2.17. The Kier molecular flexibility index (Phi) is 2.89. The first-order valence-electron chi connectivity index (χ1n) is 5.21. The number of rotatable bonds is 2. The van der Waals surface area contributed by atoms with Gasteiger partial charge in [-0.1, -0.05) is 0 Å². The highest BCUT2D eigenvalue weighted by molar-refractivity contribution is 5.65. The van der Waals surface area contributed by atoms with Gasteiger partial charge in [0.25, 0.3) is 0 Å². The molecular formula is C10H15N3O2. The molecule has 1 N–H and O–H groups in total. The number of nitrogens with zero attached hydrogens (tertiary/aromatic N) is 3. The first-order chi connectivity index (χ1) is 7.25. The molecule has 2 heterocycles. The molecular weight excluding hydrogens is 194 g/mol. The lowest BCUT2D eigenvalue weighted by molar-refractivity contribution is 0.115. The van der Waals surface area contributed by atoms with E-state index in [4.69, 9.17) is 5.11 Å². The Hall–Kier alpha value is -1.52. The number of amides is 1. The van der Waals surface area contributed by atoms with Crippen LogP contribution >= 0.6 is 0 Å². The predicted molar refractivity (Wildman–Crippen MR) is 54.5 cm³/mol. The summed E-state index contributed by atoms with van der Waals surface area (Å²) in [7, 11) is 0. The van der Waals surface area contributed by atoms with Crippen molar-refractivity contribution in [3.8, 4) is 0 Å². The molecule has 0 radical (unpaired) electrons. The number of carbonyl (C=O) groups is 1. The van der Waals surface area contributed by atoms with Crippen molar-refractivity contribution in [1.29, 1.82) is 0 Å². The molecule has 15 heavy (non-hydrogen) atoms. The smallest absolute Gasteiger partial charge is 0.407 e. The highest BCUT2D eigenvalue weighted by Gasteiger charge is 2.23. The van der Waals surface area contributed by atoms with E-state index in [-0.39, 0.29) is 0 Å². The van der Waals surface area contributed by atoms with Gasteiger partial charge in [-0.2, -0.15) is 5.10 Å². The quantitative estimate of drug-likeness (QED) is 0.798. The second-order valence-corrected chi connectivity index (χ2v) is 3.96. The monoisotopic (exact) mass is 209 g/mol. The van der Waals surface area contributed by atoms with E-state index in [1.165, 1.54) is 4.90 Å². The number of hydrogen-bond acceptors (Lipinski definition) is 2. The molecule has 1 aliphatic heterocycles. The average Bonchev–Trinajstić information content (AvgIpc) is 2.71. The molecule has 1 aliphatic rings. The van der Waals surface area contributed by atoms with Crippen molar-refractivity contribution in [2.24, 2.45) is 5.92 Å². The molecule has 1 aromatic rings. The summed E-state index contributed by atoms with van der Waals surface area (Å²) in [6.45, 7) is 2.12. The second-order valence-electron chi connectivity index (χ2n) is 3.96. The lowest BCUT2D eigenvalue weighted by Crippen LogP contribution is -2.40. The van der Waals surface area contributed by atoms with Crippen LogP contribution in [0, 0.1) is 5.92 Å². The summed E-state index contributed by atoms with van der Waals surface area (Å²) in [5, 5.41) is 13.0. The van der Waals surface area contributed by atoms with Gasteiger partial charge in [-0.3, -0.25) is 4.68 Å². The molecule has 2 rings (SSSR count). The topological polar surface area (TPSA) is 58.4 Å². The van der Waals surface area contributed by atoms with Crippen LogP contribution in [0.2, 0.25) is 0 Å². The minimum atomic E-state index is -0.805. The van der Waals surface area contributed by atoms with E-state index in [2.05, 4.69) is 5.10 Å². The number of carboxylic acid groups (broad SMARTS) is 1. The Morgan fingerprint density at radius 3 is 3.13 bits per heavy atom. The van der Waals surface area contributed by atoms with Gasteiger partial charge in [0.15, 0.2) is 0 Å². The third-order valence-corrected chi connectivity index (χ3v) is 2.79. The van der Waals surface area contributed by atoms with Crippen molar-refractivity contribution in [3.05, 3.63) is 18.5 Å². The van der Waals surface area contributed by atoms with Gasteiger partial charge < -0.3 is 10.0 Å². The maximum Gasteiger partial charge on any atom is 0.407 e. The van der Waals surface area contributed by atoms with E-state index in [1.54, 1.807) is 6.20 Å². The first kappa shape index (κ1) is 10.0. The Labute approximate surface area is 88.3 Å². The summed E-state index contributed by atoms with van der Waals surface area (Å²) in [6, 6.07) is 1.89. The second kappa shape index (κ2) is 4.33. The summed E-state index contributed by atoms with van der Waals surface area (Å²) < 4.78 is 1.87. The fourth-order valence-corrected chi connectivity index (χ4v) is 2.06. The fourth-order valence-electron chi connectivity index (χ4n) is 2.06. The van der Waals surface area contributed by atoms with E-state index in [9.17, 15) is 4.79 Å². The van der Waals surface area contributed by atoms with Gasteiger partial charge in [-0.15, -0.1) is 0 Å². The van der Waals surface area contributed by atoms with Crippen LogP contribution < -0.4 is 0 Å². The third-order valence-electron chi connectivity index (χ3n) is 2.79. The van der Waals surface area contributed by atoms with E-state index < -0.39 is 6.09 Å². The van der Waals surface area contributed by atoms with E-state index in [1.807, 2.05) is 16.9 Å². The van der Waals surface area contributed by atoms with E-state index in [0.717, 1.165) is 19.4 Å². The van der Waals surface area contributed by atoms with Gasteiger partial charge in [0.2, 0.25) is 0 Å². The Morgan fingerprint density at radius 2 is 2.47 bits per heavy atom. The zero-order valence-corrected chi connectivity index (χ0v) is 8.54. The third kappa shape index (κ3) is 2.49. The van der Waals surface area contributed by atoms with Gasteiger partial charge in [-0.25, -0.2) is 4.79 Å². The van der Waals surface area contributed by atoms with Crippen LogP contribution in [0.1, 0.15) is 12.8 Å². The molecule has 0 spiro atoms. The molecule has 1 amide bonds. The van der Waals surface area contributed by atoms with Gasteiger partial charge in [-0.05, 0) is 24.8 Å². The maximum atomic E-state index is 10.8. The summed E-state index contributed by atoms with van der Waals surface area (Å²) in [4.78, 5) is 12.3. The number of likely N-dealkylation sites (tertiary alicyclic amines) is 1. The van der Waals surface area contributed by atoms with Crippen molar-refractivity contribution in [1.82, 2.24) is 14.7 Å². The van der Waals surface area contributed by atoms with Crippen LogP contribution in [0.5, 0.6) is 0 Å². The van der Waals surface area contributed by atoms with Gasteiger partial charge >= 0.3 is 6.09 Å². The fraction of sp³-hybridized carbons (Fsp3) is 0.600. The van der Waals surface area contributed by atoms with Crippen LogP contribution in [0.15, 0.2) is 18.5 Å². The molecule has 5 heteroatoms. The number of hydrogen-bond donors (Lipinski definition) is 1. The molecule has 0 saturated carbocycles. The molecule has 0 aromatic carbocycles. The van der Waals surface area contributed by atoms with Crippen LogP contribution in [0.4, 0.5) is 4.79 Å². The molecule has 82 valence electrons. The Bertz CT molecular complexity index is 323. The minimum absolute atomic E-state index is 0.398. The zero-order chi connectivity index (χ0) is 10.7. The number of aromatic nitrogens is 2. The molecule has 1 fully saturated rings. The van der Waals surface area contributed by atoms with E-state index in [0.29, 0.717) is 19.0 Å². The average molecular weight is 209 g/mol. The van der Waals surface area contributed by atoms with Crippen molar-refractivity contribution < 1.29 is 9.90 Å². The van der Waals surface area contributed by atoms with Gasteiger partial charge in [0.05, 0.1) is 0 Å². The minimum Gasteiger partial charge on any atom is -0.465 e. The van der Waals surface area contributed by atoms with Crippen molar-refractivity contribution in [2.75, 3.05) is 13.1 Å². The summed E-state index contributed by atoms with van der Waals surface area (Å²) in [5.41, 5.74) is 0. The largest absolute Gasteiger partial charge is 0.465 e. The lowest BCUT2D eigenvalue weighted by Gasteiger charge is -2.30. The van der Waals surface area contributed by atoms with Crippen LogP contribution in [0.25, 0.3) is 0 Å². The Balaban J connectivity index is 1.90. The van der Waals surface area contributed by atoms with E-state index >= 15 is 0 Å². The molecule has 0 bridgehead atoms. The molecule has 1 atom stereocenters. The van der Waals surface area contributed by atoms with Crippen molar-refractivity contribution in [3.63, 3.8) is 0 Å². The predicted octanol–water partition coefficient (Wildman–Crippen LogP) is 1.27. The van der Waals surface area contributed by atoms with Crippen molar-refractivity contribution in [2.45, 2.75) is 19.4 Å². The molecule has 1 unspecified atom stereocenters. The molecule has 0 aliphatic carbocycles. The Morgan fingerprint density at radius 1 is 1.60 bits per heavy atom. The van der Waals surface area contributed by atoms with Crippen molar-refractivity contribution >= 4 is 6.09 Å². The summed E-state index contributed by atoms with van der Waals surface area (Å²) in [6.07, 6.45) is 4.90. The SMILES string of the molecule is O=C(O)N1CCCC(Cn2cccn2)C1. The van der Waals surface area contributed by atoms with Crippen LogP contribution in [-0.2, 0) is 6.54 Å². The van der Waals surface area contributed by atoms with Crippen LogP contribution in [0.3, 0.4) is 0 Å². The van der Waals surface area contributed by atoms with Crippen LogP contribution in [-0.4, -0.2) is 39.0 Å². The van der Waals surface area contributed by atoms with Gasteiger partial charge in [0.1, 0.15) is 0 Å². The normalized spacial score (nSPS) is 21.6. The highest BCUT2D eigenvalue weighted by atomic mass is 16.4. The molecule has 1 aromatic heterocycles. The molecule has 1 saturated heterocycles. The molecule has 5 nitrogen and oxygen atoms in total. The maximum absolute atomic E-state index is 10.8. The first-order valence-corrected chi connectivity index (χ1v) is 5.21. The lowest BCUT2D eigenvalue weighted by atomic mass is 9.98.